The minimum atomic E-state index is -0.978. The number of ether oxygens (including phenoxy) is 2. The summed E-state index contributed by atoms with van der Waals surface area (Å²) in [7, 11) is 1.32. The first-order valence-electron chi connectivity index (χ1n) is 10.1. The number of benzene rings is 1. The van der Waals surface area contributed by atoms with Gasteiger partial charge in [0.2, 0.25) is 0 Å². The molecular weight excluding hydrogens is 432 g/mol. The SMILES string of the molecule is COC(=O)C(C)(C)NCc1cc2c(Cl)nc(-c3ccccc3)nc2n1C(=O)OC(C)(C)C. The Bertz CT molecular complexity index is 1150. The van der Waals surface area contributed by atoms with Crippen LogP contribution >= 0.6 is 11.6 Å². The summed E-state index contributed by atoms with van der Waals surface area (Å²) in [6.07, 6.45) is -0.603. The zero-order chi connectivity index (χ0) is 23.7. The van der Waals surface area contributed by atoms with Crippen LogP contribution < -0.4 is 5.32 Å². The van der Waals surface area contributed by atoms with Crippen molar-refractivity contribution < 1.29 is 19.1 Å². The molecule has 0 fully saturated rings. The molecule has 0 radical (unpaired) electrons. The molecule has 2 heterocycles. The molecule has 0 spiro atoms. The second-order valence-electron chi connectivity index (χ2n) is 8.86. The number of carbonyl (C=O) groups excluding carboxylic acids is 2. The highest BCUT2D eigenvalue weighted by Gasteiger charge is 2.30. The Morgan fingerprint density at radius 1 is 1.09 bits per heavy atom. The zero-order valence-corrected chi connectivity index (χ0v) is 19.8. The molecule has 3 aromatic rings. The lowest BCUT2D eigenvalue weighted by Crippen LogP contribution is -2.47. The average Bonchev–Trinajstić information content (AvgIpc) is 3.10. The molecule has 0 bridgehead atoms. The van der Waals surface area contributed by atoms with Crippen molar-refractivity contribution >= 4 is 34.7 Å². The van der Waals surface area contributed by atoms with Gasteiger partial charge in [0.1, 0.15) is 16.3 Å². The summed E-state index contributed by atoms with van der Waals surface area (Å²) in [6, 6.07) is 11.1. The number of aromatic nitrogens is 3. The molecule has 2 aromatic heterocycles. The van der Waals surface area contributed by atoms with Gasteiger partial charge in [-0.2, -0.15) is 0 Å². The summed E-state index contributed by atoms with van der Waals surface area (Å²) in [4.78, 5) is 34.2. The van der Waals surface area contributed by atoms with Crippen molar-refractivity contribution in [3.8, 4) is 11.4 Å². The fourth-order valence-corrected chi connectivity index (χ4v) is 3.31. The van der Waals surface area contributed by atoms with E-state index >= 15 is 0 Å². The van der Waals surface area contributed by atoms with E-state index in [1.54, 1.807) is 40.7 Å². The summed E-state index contributed by atoms with van der Waals surface area (Å²) >= 11 is 6.49. The molecule has 170 valence electrons. The van der Waals surface area contributed by atoms with Crippen LogP contribution in [0.3, 0.4) is 0 Å². The predicted molar refractivity (Wildman–Crippen MR) is 123 cm³/mol. The summed E-state index contributed by atoms with van der Waals surface area (Å²) < 4.78 is 11.8. The van der Waals surface area contributed by atoms with Gasteiger partial charge in [0, 0.05) is 17.8 Å². The van der Waals surface area contributed by atoms with Gasteiger partial charge < -0.3 is 9.47 Å². The summed E-state index contributed by atoms with van der Waals surface area (Å²) in [6.45, 7) is 8.90. The van der Waals surface area contributed by atoms with Gasteiger partial charge in [-0.15, -0.1) is 0 Å². The van der Waals surface area contributed by atoms with Crippen molar-refractivity contribution in [1.82, 2.24) is 19.9 Å². The second-order valence-corrected chi connectivity index (χ2v) is 9.22. The van der Waals surface area contributed by atoms with Gasteiger partial charge in [0.05, 0.1) is 12.5 Å². The molecule has 0 atom stereocenters. The molecule has 8 nitrogen and oxygen atoms in total. The van der Waals surface area contributed by atoms with E-state index < -0.39 is 23.2 Å². The van der Waals surface area contributed by atoms with E-state index in [2.05, 4.69) is 15.3 Å². The van der Waals surface area contributed by atoms with Crippen LogP contribution in [0.1, 0.15) is 40.3 Å². The van der Waals surface area contributed by atoms with Crippen molar-refractivity contribution in [2.45, 2.75) is 52.3 Å². The third kappa shape index (κ3) is 5.08. The molecule has 9 heteroatoms. The van der Waals surface area contributed by atoms with Crippen LogP contribution in [0.25, 0.3) is 22.4 Å². The van der Waals surface area contributed by atoms with Gasteiger partial charge in [-0.05, 0) is 40.7 Å². The third-order valence-electron chi connectivity index (χ3n) is 4.70. The number of hydrogen-bond acceptors (Lipinski definition) is 7. The lowest BCUT2D eigenvalue weighted by Gasteiger charge is -2.24. The normalized spacial score (nSPS) is 12.1. The monoisotopic (exact) mass is 458 g/mol. The fourth-order valence-electron chi connectivity index (χ4n) is 3.09. The van der Waals surface area contributed by atoms with Crippen molar-refractivity contribution in [2.75, 3.05) is 7.11 Å². The number of rotatable bonds is 5. The number of halogens is 1. The molecule has 1 N–H and O–H groups in total. The molecule has 0 amide bonds. The highest BCUT2D eigenvalue weighted by molar-refractivity contribution is 6.34. The van der Waals surface area contributed by atoms with Crippen LogP contribution in [0.15, 0.2) is 36.4 Å². The lowest BCUT2D eigenvalue weighted by atomic mass is 10.1. The Labute approximate surface area is 191 Å². The third-order valence-corrected chi connectivity index (χ3v) is 4.99. The van der Waals surface area contributed by atoms with E-state index in [1.165, 1.54) is 11.7 Å². The van der Waals surface area contributed by atoms with Crippen LogP contribution in [0.4, 0.5) is 4.79 Å². The van der Waals surface area contributed by atoms with Gasteiger partial charge in [0.25, 0.3) is 0 Å². The molecular formula is C23H27ClN4O4. The quantitative estimate of drug-likeness (QED) is 0.441. The Balaban J connectivity index is 2.13. The first-order valence-corrected chi connectivity index (χ1v) is 10.5. The highest BCUT2D eigenvalue weighted by Crippen LogP contribution is 2.29. The van der Waals surface area contributed by atoms with Crippen molar-refractivity contribution in [3.05, 3.63) is 47.2 Å². The number of methoxy groups -OCH3 is 1. The molecule has 0 aliphatic carbocycles. The number of nitrogens with zero attached hydrogens (tertiary/aromatic N) is 3. The minimum Gasteiger partial charge on any atom is -0.468 e. The highest BCUT2D eigenvalue weighted by atomic mass is 35.5. The van der Waals surface area contributed by atoms with Crippen molar-refractivity contribution in [3.63, 3.8) is 0 Å². The summed E-state index contributed by atoms with van der Waals surface area (Å²) in [5.41, 5.74) is -0.0876. The lowest BCUT2D eigenvalue weighted by molar-refractivity contribution is -0.147. The molecule has 0 unspecified atom stereocenters. The Kier molecular flexibility index (Phi) is 6.57. The smallest absolute Gasteiger partial charge is 0.420 e. The van der Waals surface area contributed by atoms with Crippen molar-refractivity contribution in [1.29, 1.82) is 0 Å². The van der Waals surface area contributed by atoms with E-state index in [4.69, 9.17) is 21.1 Å². The standard InChI is InChI=1S/C23H27ClN4O4/c1-22(2,3)32-21(30)28-15(13-25-23(4,5)20(29)31-6)12-16-17(24)26-18(27-19(16)28)14-10-8-7-9-11-14/h7-12,25H,13H2,1-6H3. The van der Waals surface area contributed by atoms with Gasteiger partial charge in [0.15, 0.2) is 11.5 Å². The minimum absolute atomic E-state index is 0.161. The molecule has 1 aromatic carbocycles. The van der Waals surface area contributed by atoms with Gasteiger partial charge in [-0.1, -0.05) is 41.9 Å². The van der Waals surface area contributed by atoms with E-state index in [0.717, 1.165) is 5.56 Å². The molecule has 32 heavy (non-hydrogen) atoms. The maximum atomic E-state index is 13.1. The molecule has 0 saturated carbocycles. The van der Waals surface area contributed by atoms with Crippen LogP contribution in [0.5, 0.6) is 0 Å². The van der Waals surface area contributed by atoms with Gasteiger partial charge in [-0.3, -0.25) is 10.1 Å². The van der Waals surface area contributed by atoms with Crippen LogP contribution in [0.2, 0.25) is 5.15 Å². The Morgan fingerprint density at radius 2 is 1.75 bits per heavy atom. The molecule has 0 aliphatic heterocycles. The van der Waals surface area contributed by atoms with Gasteiger partial charge >= 0.3 is 12.1 Å². The maximum absolute atomic E-state index is 13.1. The number of nitrogens with one attached hydrogen (secondary N) is 1. The number of hydrogen-bond donors (Lipinski definition) is 1. The van der Waals surface area contributed by atoms with Crippen molar-refractivity contribution in [2.24, 2.45) is 0 Å². The molecule has 0 saturated heterocycles. The van der Waals surface area contributed by atoms with E-state index in [-0.39, 0.29) is 11.7 Å². The zero-order valence-electron chi connectivity index (χ0n) is 19.0. The number of esters is 1. The largest absolute Gasteiger partial charge is 0.468 e. The first kappa shape index (κ1) is 23.7. The Hall–Kier alpha value is -2.97. The fraction of sp³-hybridized carbons (Fsp3) is 0.391. The first-order chi connectivity index (χ1) is 14.9. The summed E-state index contributed by atoms with van der Waals surface area (Å²) in [5, 5.41) is 3.83. The van der Waals surface area contributed by atoms with Crippen LogP contribution in [-0.4, -0.2) is 44.8 Å². The second kappa shape index (κ2) is 8.88. The maximum Gasteiger partial charge on any atom is 0.420 e. The average molecular weight is 459 g/mol. The van der Waals surface area contributed by atoms with E-state index in [0.29, 0.717) is 22.6 Å². The van der Waals surface area contributed by atoms with E-state index in [9.17, 15) is 9.59 Å². The van der Waals surface area contributed by atoms with E-state index in [1.807, 2.05) is 30.3 Å². The topological polar surface area (TPSA) is 95.3 Å². The predicted octanol–water partition coefficient (Wildman–Crippen LogP) is 4.58. The molecule has 3 rings (SSSR count). The van der Waals surface area contributed by atoms with Crippen LogP contribution in [0, 0.1) is 0 Å². The van der Waals surface area contributed by atoms with Crippen LogP contribution in [-0.2, 0) is 20.8 Å². The number of fused-ring (bicyclic) bond motifs is 1. The number of carbonyl (C=O) groups is 2. The summed E-state index contributed by atoms with van der Waals surface area (Å²) in [5.74, 6) is -0.0398. The van der Waals surface area contributed by atoms with Gasteiger partial charge in [-0.25, -0.2) is 19.3 Å². The molecule has 0 aliphatic rings. The Morgan fingerprint density at radius 3 is 2.34 bits per heavy atom.